The molecule has 4 nitrogen and oxygen atoms in total. The van der Waals surface area contributed by atoms with E-state index in [0.717, 1.165) is 5.69 Å². The summed E-state index contributed by atoms with van der Waals surface area (Å²) < 4.78 is 0. The predicted octanol–water partition coefficient (Wildman–Crippen LogP) is 2.37. The number of nitrogens with one attached hydrogen (secondary N) is 1. The van der Waals surface area contributed by atoms with Crippen molar-refractivity contribution in [2.24, 2.45) is 0 Å². The number of thiol groups is 1. The molecule has 90 valence electrons. The van der Waals surface area contributed by atoms with Crippen molar-refractivity contribution in [3.63, 3.8) is 0 Å². The molecule has 3 rings (SSSR count). The average molecular weight is 257 g/mol. The fourth-order valence-electron chi connectivity index (χ4n) is 1.97. The van der Waals surface area contributed by atoms with Crippen LogP contribution in [0.1, 0.15) is 10.4 Å². The smallest absolute Gasteiger partial charge is 0.263 e. The van der Waals surface area contributed by atoms with Crippen LogP contribution in [0.25, 0.3) is 0 Å². The number of benzene rings is 1. The van der Waals surface area contributed by atoms with Crippen molar-refractivity contribution in [1.82, 2.24) is 4.98 Å². The predicted molar refractivity (Wildman–Crippen MR) is 73.9 cm³/mol. The normalized spacial score (nSPS) is 18.2. The fourth-order valence-corrected chi connectivity index (χ4v) is 2.33. The molecule has 0 fully saturated rings. The minimum absolute atomic E-state index is 0.0944. The first-order chi connectivity index (χ1) is 8.77. The summed E-state index contributed by atoms with van der Waals surface area (Å²) in [6, 6.07) is 12.8. The molecule has 2 heterocycles. The Kier molecular flexibility index (Phi) is 2.68. The fraction of sp³-hybridized carbons (Fsp3) is 0.0769. The Morgan fingerprint density at radius 2 is 1.94 bits per heavy atom. The average Bonchev–Trinajstić information content (AvgIpc) is 2.40. The van der Waals surface area contributed by atoms with E-state index in [0.29, 0.717) is 11.4 Å². The van der Waals surface area contributed by atoms with E-state index in [9.17, 15) is 4.79 Å². The number of amides is 1. The van der Waals surface area contributed by atoms with Crippen LogP contribution in [0.4, 0.5) is 11.5 Å². The summed E-state index contributed by atoms with van der Waals surface area (Å²) in [7, 11) is 0. The van der Waals surface area contributed by atoms with Crippen molar-refractivity contribution >= 4 is 30.0 Å². The lowest BCUT2D eigenvalue weighted by Crippen LogP contribution is -2.46. The third-order valence-corrected chi connectivity index (χ3v) is 3.16. The van der Waals surface area contributed by atoms with Crippen LogP contribution in [-0.4, -0.2) is 16.4 Å². The minimum atomic E-state index is -0.415. The van der Waals surface area contributed by atoms with Crippen LogP contribution >= 0.6 is 12.6 Å². The van der Waals surface area contributed by atoms with Crippen LogP contribution in [0.15, 0.2) is 48.7 Å². The molecular formula is C13H11N3OS. The zero-order valence-corrected chi connectivity index (χ0v) is 10.3. The zero-order valence-electron chi connectivity index (χ0n) is 9.45. The summed E-state index contributed by atoms with van der Waals surface area (Å²) in [6.45, 7) is 0. The first kappa shape index (κ1) is 11.1. The highest BCUT2D eigenvalue weighted by molar-refractivity contribution is 7.81. The van der Waals surface area contributed by atoms with E-state index in [1.807, 2.05) is 30.3 Å². The number of pyridine rings is 1. The van der Waals surface area contributed by atoms with E-state index in [1.165, 1.54) is 4.90 Å². The third-order valence-electron chi connectivity index (χ3n) is 2.80. The van der Waals surface area contributed by atoms with Crippen LogP contribution in [0, 0.1) is 0 Å². The van der Waals surface area contributed by atoms with Crippen molar-refractivity contribution in [3.05, 3.63) is 54.2 Å². The topological polar surface area (TPSA) is 45.2 Å². The zero-order chi connectivity index (χ0) is 12.5. The van der Waals surface area contributed by atoms with Gasteiger partial charge in [0, 0.05) is 11.9 Å². The van der Waals surface area contributed by atoms with E-state index in [2.05, 4.69) is 22.9 Å². The Balaban J connectivity index is 2.06. The molecule has 0 aliphatic carbocycles. The lowest BCUT2D eigenvalue weighted by Gasteiger charge is -2.34. The Labute approximate surface area is 110 Å². The number of carbonyl (C=O) groups excluding carboxylic acids is 1. The molecular weight excluding hydrogens is 246 g/mol. The van der Waals surface area contributed by atoms with Gasteiger partial charge in [0.15, 0.2) is 5.50 Å². The number of anilines is 2. The molecule has 0 saturated heterocycles. The number of hydrogen-bond acceptors (Lipinski definition) is 4. The molecule has 1 aliphatic heterocycles. The largest absolute Gasteiger partial charge is 0.356 e. The maximum absolute atomic E-state index is 12.4. The Morgan fingerprint density at radius 1 is 1.17 bits per heavy atom. The molecule has 1 atom stereocenters. The Morgan fingerprint density at radius 3 is 2.72 bits per heavy atom. The molecule has 5 heteroatoms. The van der Waals surface area contributed by atoms with Crippen LogP contribution < -0.4 is 10.2 Å². The van der Waals surface area contributed by atoms with Gasteiger partial charge in [0.2, 0.25) is 0 Å². The van der Waals surface area contributed by atoms with Crippen LogP contribution in [-0.2, 0) is 0 Å². The van der Waals surface area contributed by atoms with E-state index < -0.39 is 5.50 Å². The second-order valence-corrected chi connectivity index (χ2v) is 4.42. The number of nitrogens with zero attached hydrogens (tertiary/aromatic N) is 2. The van der Waals surface area contributed by atoms with Gasteiger partial charge in [0.05, 0.1) is 5.56 Å². The number of carbonyl (C=O) groups is 1. The molecule has 1 unspecified atom stereocenters. The molecule has 0 spiro atoms. The molecule has 1 aliphatic rings. The van der Waals surface area contributed by atoms with Gasteiger partial charge in [-0.15, -0.1) is 12.6 Å². The van der Waals surface area contributed by atoms with Crippen molar-refractivity contribution in [2.75, 3.05) is 10.2 Å². The molecule has 2 aromatic rings. The van der Waals surface area contributed by atoms with E-state index >= 15 is 0 Å². The molecule has 1 aromatic heterocycles. The van der Waals surface area contributed by atoms with Crippen LogP contribution in [0.2, 0.25) is 0 Å². The van der Waals surface area contributed by atoms with Gasteiger partial charge < -0.3 is 5.32 Å². The van der Waals surface area contributed by atoms with Gasteiger partial charge >= 0.3 is 0 Å². The third kappa shape index (κ3) is 1.73. The standard InChI is InChI=1S/C13H11N3OS/c17-12-9-5-1-2-6-10(9)15-13(18)16(12)11-7-3-4-8-14-11/h1-8,13,15,18H. The summed E-state index contributed by atoms with van der Waals surface area (Å²) in [4.78, 5) is 18.2. The number of aromatic nitrogens is 1. The highest BCUT2D eigenvalue weighted by atomic mass is 32.1. The monoisotopic (exact) mass is 257 g/mol. The maximum atomic E-state index is 12.4. The second-order valence-electron chi connectivity index (χ2n) is 3.93. The molecule has 1 aromatic carbocycles. The highest BCUT2D eigenvalue weighted by Gasteiger charge is 2.31. The van der Waals surface area contributed by atoms with Gasteiger partial charge in [-0.2, -0.15) is 0 Å². The van der Waals surface area contributed by atoms with Crippen molar-refractivity contribution in [1.29, 1.82) is 0 Å². The van der Waals surface area contributed by atoms with Gasteiger partial charge in [0.1, 0.15) is 5.82 Å². The van der Waals surface area contributed by atoms with Gasteiger partial charge in [-0.05, 0) is 24.3 Å². The van der Waals surface area contributed by atoms with Gasteiger partial charge in [-0.25, -0.2) is 4.98 Å². The molecule has 18 heavy (non-hydrogen) atoms. The lowest BCUT2D eigenvalue weighted by molar-refractivity contribution is 0.0982. The van der Waals surface area contributed by atoms with E-state index in [4.69, 9.17) is 0 Å². The highest BCUT2D eigenvalue weighted by Crippen LogP contribution is 2.29. The Bertz CT molecular complexity index is 588. The summed E-state index contributed by atoms with van der Waals surface area (Å²) in [5, 5.41) is 3.17. The number of rotatable bonds is 1. The summed E-state index contributed by atoms with van der Waals surface area (Å²) in [5.74, 6) is 0.493. The first-order valence-corrected chi connectivity index (χ1v) is 6.07. The van der Waals surface area contributed by atoms with E-state index in [1.54, 1.807) is 18.3 Å². The molecule has 1 amide bonds. The van der Waals surface area contributed by atoms with Crippen LogP contribution in [0.5, 0.6) is 0 Å². The number of para-hydroxylation sites is 1. The van der Waals surface area contributed by atoms with Gasteiger partial charge in [0.25, 0.3) is 5.91 Å². The molecule has 0 radical (unpaired) electrons. The molecule has 0 bridgehead atoms. The molecule has 1 N–H and O–H groups in total. The summed E-state index contributed by atoms with van der Waals surface area (Å²) >= 11 is 4.41. The second kappa shape index (κ2) is 4.34. The summed E-state index contributed by atoms with van der Waals surface area (Å²) in [5.41, 5.74) is 1.02. The number of hydrogen-bond donors (Lipinski definition) is 2. The minimum Gasteiger partial charge on any atom is -0.356 e. The Hall–Kier alpha value is -2.01. The SMILES string of the molecule is O=C1c2ccccc2NC(S)N1c1ccccn1. The van der Waals surface area contributed by atoms with Crippen molar-refractivity contribution in [3.8, 4) is 0 Å². The van der Waals surface area contributed by atoms with E-state index in [-0.39, 0.29) is 5.91 Å². The van der Waals surface area contributed by atoms with Crippen molar-refractivity contribution < 1.29 is 4.79 Å². The lowest BCUT2D eigenvalue weighted by atomic mass is 10.1. The van der Waals surface area contributed by atoms with Crippen molar-refractivity contribution in [2.45, 2.75) is 5.50 Å². The number of fused-ring (bicyclic) bond motifs is 1. The maximum Gasteiger partial charge on any atom is 0.263 e. The molecule has 0 saturated carbocycles. The van der Waals surface area contributed by atoms with Gasteiger partial charge in [-0.3, -0.25) is 9.69 Å². The van der Waals surface area contributed by atoms with Crippen LogP contribution in [0.3, 0.4) is 0 Å². The summed E-state index contributed by atoms with van der Waals surface area (Å²) in [6.07, 6.45) is 1.66. The quantitative estimate of drug-likeness (QED) is 0.771. The first-order valence-electron chi connectivity index (χ1n) is 5.55. The van der Waals surface area contributed by atoms with Gasteiger partial charge in [-0.1, -0.05) is 18.2 Å².